The minimum Gasteiger partial charge on any atom is -0.401 e. The SMILES string of the molecule is CC/C(C#N)=C(\N)C1(C)CCCC1. The molecule has 0 radical (unpaired) electrons. The van der Waals surface area contributed by atoms with Crippen molar-refractivity contribution in [3.05, 3.63) is 11.3 Å². The largest absolute Gasteiger partial charge is 0.401 e. The van der Waals surface area contributed by atoms with Crippen molar-refractivity contribution in [2.24, 2.45) is 11.1 Å². The summed E-state index contributed by atoms with van der Waals surface area (Å²) in [5.74, 6) is 0. The Morgan fingerprint density at radius 3 is 2.38 bits per heavy atom. The highest BCUT2D eigenvalue weighted by Crippen LogP contribution is 2.42. The van der Waals surface area contributed by atoms with E-state index in [0.717, 1.165) is 30.5 Å². The van der Waals surface area contributed by atoms with E-state index in [1.54, 1.807) is 0 Å². The van der Waals surface area contributed by atoms with Gasteiger partial charge in [-0.25, -0.2) is 0 Å². The van der Waals surface area contributed by atoms with E-state index < -0.39 is 0 Å². The summed E-state index contributed by atoms with van der Waals surface area (Å²) in [5, 5.41) is 8.88. The summed E-state index contributed by atoms with van der Waals surface area (Å²) in [6.45, 7) is 4.17. The molecular weight excluding hydrogens is 160 g/mol. The van der Waals surface area contributed by atoms with Crippen LogP contribution in [0.4, 0.5) is 0 Å². The second-order valence-corrected chi connectivity index (χ2v) is 4.13. The maximum atomic E-state index is 8.88. The molecule has 0 atom stereocenters. The van der Waals surface area contributed by atoms with Gasteiger partial charge in [0.05, 0.1) is 6.07 Å². The molecule has 0 aromatic rings. The van der Waals surface area contributed by atoms with Gasteiger partial charge in [-0.1, -0.05) is 26.7 Å². The van der Waals surface area contributed by atoms with Crippen molar-refractivity contribution in [3.63, 3.8) is 0 Å². The van der Waals surface area contributed by atoms with Crippen LogP contribution in [-0.2, 0) is 0 Å². The molecule has 1 aliphatic rings. The summed E-state index contributed by atoms with van der Waals surface area (Å²) in [4.78, 5) is 0. The van der Waals surface area contributed by atoms with Crippen molar-refractivity contribution in [2.75, 3.05) is 0 Å². The molecule has 0 saturated heterocycles. The average molecular weight is 178 g/mol. The summed E-state index contributed by atoms with van der Waals surface area (Å²) in [5.41, 5.74) is 7.77. The van der Waals surface area contributed by atoms with E-state index in [4.69, 9.17) is 11.0 Å². The Hall–Kier alpha value is -0.970. The van der Waals surface area contributed by atoms with Crippen molar-refractivity contribution < 1.29 is 0 Å². The van der Waals surface area contributed by atoms with Crippen LogP contribution in [0.15, 0.2) is 11.3 Å². The minimum atomic E-state index is 0.112. The average Bonchev–Trinajstić information content (AvgIpc) is 2.55. The van der Waals surface area contributed by atoms with Gasteiger partial charge in [-0.3, -0.25) is 0 Å². The molecule has 1 rings (SSSR count). The molecule has 0 aromatic carbocycles. The predicted octanol–water partition coefficient (Wildman–Crippen LogP) is 2.71. The van der Waals surface area contributed by atoms with E-state index >= 15 is 0 Å². The number of allylic oxidation sites excluding steroid dienone is 2. The van der Waals surface area contributed by atoms with Gasteiger partial charge in [0, 0.05) is 16.7 Å². The van der Waals surface area contributed by atoms with Crippen LogP contribution in [-0.4, -0.2) is 0 Å². The molecule has 0 bridgehead atoms. The number of rotatable bonds is 2. The summed E-state index contributed by atoms with van der Waals surface area (Å²) >= 11 is 0. The van der Waals surface area contributed by atoms with Crippen LogP contribution in [0.2, 0.25) is 0 Å². The van der Waals surface area contributed by atoms with Gasteiger partial charge in [0.1, 0.15) is 0 Å². The molecule has 0 amide bonds. The van der Waals surface area contributed by atoms with Crippen LogP contribution in [0.25, 0.3) is 0 Å². The number of nitrogens with zero attached hydrogens (tertiary/aromatic N) is 1. The van der Waals surface area contributed by atoms with Crippen LogP contribution in [0, 0.1) is 16.7 Å². The fourth-order valence-corrected chi connectivity index (χ4v) is 2.12. The number of hydrogen-bond donors (Lipinski definition) is 1. The topological polar surface area (TPSA) is 49.8 Å². The van der Waals surface area contributed by atoms with E-state index in [1.165, 1.54) is 12.8 Å². The van der Waals surface area contributed by atoms with Gasteiger partial charge in [0.15, 0.2) is 0 Å². The maximum absolute atomic E-state index is 8.88. The zero-order chi connectivity index (χ0) is 9.90. The molecule has 0 unspecified atom stereocenters. The van der Waals surface area contributed by atoms with Crippen LogP contribution in [0.5, 0.6) is 0 Å². The Bertz CT molecular complexity index is 252. The second-order valence-electron chi connectivity index (χ2n) is 4.13. The van der Waals surface area contributed by atoms with Crippen LogP contribution < -0.4 is 5.73 Å². The summed E-state index contributed by atoms with van der Waals surface area (Å²) in [6.07, 6.45) is 5.55. The van der Waals surface area contributed by atoms with Crippen molar-refractivity contribution in [3.8, 4) is 6.07 Å². The zero-order valence-electron chi connectivity index (χ0n) is 8.56. The molecule has 0 aliphatic heterocycles. The highest BCUT2D eigenvalue weighted by Gasteiger charge is 2.32. The van der Waals surface area contributed by atoms with Crippen molar-refractivity contribution >= 4 is 0 Å². The number of hydrogen-bond acceptors (Lipinski definition) is 2. The summed E-state index contributed by atoms with van der Waals surface area (Å²) in [7, 11) is 0. The molecule has 1 saturated carbocycles. The van der Waals surface area contributed by atoms with E-state index in [1.807, 2.05) is 6.92 Å². The molecule has 2 nitrogen and oxygen atoms in total. The molecule has 1 fully saturated rings. The van der Waals surface area contributed by atoms with E-state index in [9.17, 15) is 0 Å². The van der Waals surface area contributed by atoms with E-state index in [2.05, 4.69) is 13.0 Å². The molecule has 0 heterocycles. The lowest BCUT2D eigenvalue weighted by molar-refractivity contribution is 0.405. The molecular formula is C11H18N2. The van der Waals surface area contributed by atoms with Gasteiger partial charge >= 0.3 is 0 Å². The number of nitrogens with two attached hydrogens (primary N) is 1. The highest BCUT2D eigenvalue weighted by atomic mass is 14.7. The molecule has 2 N–H and O–H groups in total. The van der Waals surface area contributed by atoms with Gasteiger partial charge in [0.2, 0.25) is 0 Å². The smallest absolute Gasteiger partial charge is 0.0965 e. The molecule has 2 heteroatoms. The maximum Gasteiger partial charge on any atom is 0.0965 e. The third kappa shape index (κ3) is 1.85. The van der Waals surface area contributed by atoms with Crippen molar-refractivity contribution in [1.29, 1.82) is 5.26 Å². The normalized spacial score (nSPS) is 22.2. The van der Waals surface area contributed by atoms with Crippen molar-refractivity contribution in [2.45, 2.75) is 46.0 Å². The Balaban J connectivity index is 2.93. The molecule has 0 spiro atoms. The first kappa shape index (κ1) is 10.1. The minimum absolute atomic E-state index is 0.112. The van der Waals surface area contributed by atoms with Crippen LogP contribution in [0.1, 0.15) is 46.0 Å². The molecule has 1 aliphatic carbocycles. The Morgan fingerprint density at radius 1 is 1.46 bits per heavy atom. The standard InChI is InChI=1S/C11H18N2/c1-3-9(8-12)10(13)11(2)6-4-5-7-11/h3-7,13H2,1-2H3/b10-9+. The Labute approximate surface area is 80.4 Å². The third-order valence-electron chi connectivity index (χ3n) is 3.17. The van der Waals surface area contributed by atoms with E-state index in [-0.39, 0.29) is 5.41 Å². The fourth-order valence-electron chi connectivity index (χ4n) is 2.12. The van der Waals surface area contributed by atoms with Crippen LogP contribution >= 0.6 is 0 Å². The lowest BCUT2D eigenvalue weighted by atomic mass is 9.82. The van der Waals surface area contributed by atoms with Gasteiger partial charge in [-0.2, -0.15) is 5.26 Å². The van der Waals surface area contributed by atoms with Crippen LogP contribution in [0.3, 0.4) is 0 Å². The summed E-state index contributed by atoms with van der Waals surface area (Å²) < 4.78 is 0. The lowest BCUT2D eigenvalue weighted by Crippen LogP contribution is -2.22. The number of nitriles is 1. The van der Waals surface area contributed by atoms with E-state index in [0.29, 0.717) is 0 Å². The monoisotopic (exact) mass is 178 g/mol. The van der Waals surface area contributed by atoms with Gasteiger partial charge < -0.3 is 5.73 Å². The first-order valence-electron chi connectivity index (χ1n) is 5.03. The Kier molecular flexibility index (Phi) is 2.98. The highest BCUT2D eigenvalue weighted by molar-refractivity contribution is 5.30. The van der Waals surface area contributed by atoms with Crippen molar-refractivity contribution in [1.82, 2.24) is 0 Å². The van der Waals surface area contributed by atoms with Gasteiger partial charge in [0.25, 0.3) is 0 Å². The Morgan fingerprint density at radius 2 is 2.00 bits per heavy atom. The fraction of sp³-hybridized carbons (Fsp3) is 0.727. The lowest BCUT2D eigenvalue weighted by Gasteiger charge is -2.25. The van der Waals surface area contributed by atoms with Gasteiger partial charge in [-0.05, 0) is 19.3 Å². The predicted molar refractivity (Wildman–Crippen MR) is 53.7 cm³/mol. The van der Waals surface area contributed by atoms with Gasteiger partial charge in [-0.15, -0.1) is 0 Å². The first-order chi connectivity index (χ1) is 6.14. The zero-order valence-corrected chi connectivity index (χ0v) is 8.56. The molecule has 72 valence electrons. The molecule has 0 aromatic heterocycles. The second kappa shape index (κ2) is 3.83. The first-order valence-corrected chi connectivity index (χ1v) is 5.03. The third-order valence-corrected chi connectivity index (χ3v) is 3.17. The summed E-state index contributed by atoms with van der Waals surface area (Å²) in [6, 6.07) is 2.21. The molecule has 13 heavy (non-hydrogen) atoms. The quantitative estimate of drug-likeness (QED) is 0.661.